The smallest absolute Gasteiger partial charge is 0.124 e. The van der Waals surface area contributed by atoms with Crippen LogP contribution in [-0.4, -0.2) is 11.2 Å². The molecule has 1 atom stereocenters. The van der Waals surface area contributed by atoms with Crippen molar-refractivity contribution in [1.29, 1.82) is 5.26 Å². The second-order valence-electron chi connectivity index (χ2n) is 5.09. The van der Waals surface area contributed by atoms with E-state index in [2.05, 4.69) is 17.5 Å². The van der Waals surface area contributed by atoms with Crippen molar-refractivity contribution < 1.29 is 4.74 Å². The number of ether oxygens (including phenoxy) is 1. The lowest BCUT2D eigenvalue weighted by atomic mass is 10.1. The fourth-order valence-electron chi connectivity index (χ4n) is 2.61. The Balaban J connectivity index is 1.74. The molecule has 0 spiro atoms. The molecule has 1 aliphatic heterocycles. The van der Waals surface area contributed by atoms with Crippen LogP contribution in [0.25, 0.3) is 0 Å². The van der Waals surface area contributed by atoms with Crippen LogP contribution in [0.2, 0.25) is 0 Å². The number of nitrogens with one attached hydrogen (secondary N) is 1. The Morgan fingerprint density at radius 3 is 3.00 bits per heavy atom. The predicted octanol–water partition coefficient (Wildman–Crippen LogP) is 2.43. The van der Waals surface area contributed by atoms with Gasteiger partial charge < -0.3 is 14.6 Å². The maximum atomic E-state index is 9.05. The molecule has 0 saturated heterocycles. The minimum absolute atomic E-state index is 0.219. The molecule has 102 valence electrons. The summed E-state index contributed by atoms with van der Waals surface area (Å²) in [7, 11) is 1.92. The van der Waals surface area contributed by atoms with Crippen LogP contribution in [0.15, 0.2) is 30.3 Å². The van der Waals surface area contributed by atoms with Gasteiger partial charge in [-0.25, -0.2) is 0 Å². The summed E-state index contributed by atoms with van der Waals surface area (Å²) in [6, 6.07) is 12.5. The van der Waals surface area contributed by atoms with Gasteiger partial charge in [0, 0.05) is 24.8 Å². The van der Waals surface area contributed by atoms with Crippen LogP contribution in [0.3, 0.4) is 0 Å². The van der Waals surface area contributed by atoms with Crippen molar-refractivity contribution in [3.05, 3.63) is 52.8 Å². The second-order valence-corrected chi connectivity index (χ2v) is 5.09. The van der Waals surface area contributed by atoms with Crippen LogP contribution in [-0.2, 0) is 13.6 Å². The van der Waals surface area contributed by atoms with Gasteiger partial charge in [-0.15, -0.1) is 0 Å². The molecule has 0 amide bonds. The molecule has 0 saturated carbocycles. The topological polar surface area (TPSA) is 50.0 Å². The zero-order chi connectivity index (χ0) is 14.1. The van der Waals surface area contributed by atoms with E-state index in [1.165, 1.54) is 5.56 Å². The Morgan fingerprint density at radius 1 is 1.45 bits per heavy atom. The summed E-state index contributed by atoms with van der Waals surface area (Å²) in [5.41, 5.74) is 4.19. The molecule has 0 radical (unpaired) electrons. The minimum atomic E-state index is 0.219. The van der Waals surface area contributed by atoms with Gasteiger partial charge in [0.15, 0.2) is 0 Å². The zero-order valence-corrected chi connectivity index (χ0v) is 11.7. The molecule has 1 aromatic carbocycles. The van der Waals surface area contributed by atoms with Gasteiger partial charge in [0.05, 0.1) is 6.04 Å². The molecular formula is C16H17N3O. The third kappa shape index (κ3) is 2.06. The maximum absolute atomic E-state index is 9.05. The SMILES string of the molecule is Cc1c(CNC2COc3ccccc32)cc(C#N)n1C. The number of nitriles is 1. The highest BCUT2D eigenvalue weighted by Gasteiger charge is 2.23. The lowest BCUT2D eigenvalue weighted by Crippen LogP contribution is -2.22. The third-order valence-corrected chi connectivity index (χ3v) is 3.99. The minimum Gasteiger partial charge on any atom is -0.491 e. The van der Waals surface area contributed by atoms with Gasteiger partial charge in [-0.2, -0.15) is 5.26 Å². The van der Waals surface area contributed by atoms with Crippen LogP contribution < -0.4 is 10.1 Å². The normalized spacial score (nSPS) is 16.6. The summed E-state index contributed by atoms with van der Waals surface area (Å²) in [6.45, 7) is 3.44. The van der Waals surface area contributed by atoms with Crippen LogP contribution >= 0.6 is 0 Å². The van der Waals surface area contributed by atoms with Crippen LogP contribution in [0, 0.1) is 18.3 Å². The third-order valence-electron chi connectivity index (χ3n) is 3.99. The predicted molar refractivity (Wildman–Crippen MR) is 76.4 cm³/mol. The summed E-state index contributed by atoms with van der Waals surface area (Å²) in [5, 5.41) is 12.6. The first-order chi connectivity index (χ1) is 9.70. The van der Waals surface area contributed by atoms with Gasteiger partial charge in [0.2, 0.25) is 0 Å². The molecule has 4 heteroatoms. The van der Waals surface area contributed by atoms with Gasteiger partial charge in [-0.3, -0.25) is 0 Å². The van der Waals surface area contributed by atoms with Gasteiger partial charge in [-0.1, -0.05) is 18.2 Å². The molecule has 0 aliphatic carbocycles. The van der Waals surface area contributed by atoms with E-state index in [0.717, 1.165) is 23.6 Å². The van der Waals surface area contributed by atoms with Crippen molar-refractivity contribution in [2.75, 3.05) is 6.61 Å². The van der Waals surface area contributed by atoms with Crippen LogP contribution in [0.1, 0.15) is 28.6 Å². The van der Waals surface area contributed by atoms with E-state index in [1.807, 2.05) is 42.8 Å². The number of fused-ring (bicyclic) bond motifs is 1. The van der Waals surface area contributed by atoms with Crippen LogP contribution in [0.4, 0.5) is 0 Å². The number of hydrogen-bond donors (Lipinski definition) is 1. The van der Waals surface area contributed by atoms with Crippen molar-refractivity contribution in [2.24, 2.45) is 7.05 Å². The number of aromatic nitrogens is 1. The Labute approximate surface area is 118 Å². The van der Waals surface area contributed by atoms with E-state index >= 15 is 0 Å². The first kappa shape index (κ1) is 12.8. The first-order valence-corrected chi connectivity index (χ1v) is 6.71. The van der Waals surface area contributed by atoms with Gasteiger partial charge in [0.1, 0.15) is 24.1 Å². The van der Waals surface area contributed by atoms with Crippen molar-refractivity contribution in [2.45, 2.75) is 19.5 Å². The van der Waals surface area contributed by atoms with Gasteiger partial charge in [-0.05, 0) is 24.6 Å². The van der Waals surface area contributed by atoms with Crippen molar-refractivity contribution in [3.8, 4) is 11.8 Å². The van der Waals surface area contributed by atoms with Gasteiger partial charge >= 0.3 is 0 Å². The average molecular weight is 267 g/mol. The highest BCUT2D eigenvalue weighted by atomic mass is 16.5. The van der Waals surface area contributed by atoms with E-state index in [9.17, 15) is 0 Å². The zero-order valence-electron chi connectivity index (χ0n) is 11.7. The lowest BCUT2D eigenvalue weighted by Gasteiger charge is -2.11. The molecule has 20 heavy (non-hydrogen) atoms. The molecule has 2 aromatic rings. The van der Waals surface area contributed by atoms with E-state index in [1.54, 1.807) is 0 Å². The molecular weight excluding hydrogens is 250 g/mol. The molecule has 4 nitrogen and oxygen atoms in total. The Hall–Kier alpha value is -2.25. The Kier molecular flexibility index (Phi) is 3.21. The molecule has 1 aromatic heterocycles. The molecule has 0 fully saturated rings. The van der Waals surface area contributed by atoms with Crippen molar-refractivity contribution >= 4 is 0 Å². The van der Waals surface area contributed by atoms with Crippen LogP contribution in [0.5, 0.6) is 5.75 Å². The van der Waals surface area contributed by atoms with E-state index in [-0.39, 0.29) is 6.04 Å². The monoisotopic (exact) mass is 267 g/mol. The standard InChI is InChI=1S/C16H17N3O/c1-11-12(7-13(8-17)19(11)2)9-18-15-10-20-16-6-4-3-5-14(15)16/h3-7,15,18H,9-10H2,1-2H3. The largest absolute Gasteiger partial charge is 0.491 e. The first-order valence-electron chi connectivity index (χ1n) is 6.71. The van der Waals surface area contributed by atoms with Crippen molar-refractivity contribution in [1.82, 2.24) is 9.88 Å². The van der Waals surface area contributed by atoms with E-state index in [4.69, 9.17) is 10.00 Å². The van der Waals surface area contributed by atoms with Gasteiger partial charge in [0.25, 0.3) is 0 Å². The van der Waals surface area contributed by atoms with E-state index in [0.29, 0.717) is 12.3 Å². The highest BCUT2D eigenvalue weighted by molar-refractivity contribution is 5.39. The van der Waals surface area contributed by atoms with E-state index < -0.39 is 0 Å². The average Bonchev–Trinajstić information content (AvgIpc) is 3.00. The Bertz CT molecular complexity index is 682. The highest BCUT2D eigenvalue weighted by Crippen LogP contribution is 2.31. The number of para-hydroxylation sites is 1. The molecule has 0 bridgehead atoms. The molecule has 2 heterocycles. The quantitative estimate of drug-likeness (QED) is 0.929. The second kappa shape index (κ2) is 5.03. The number of rotatable bonds is 3. The molecule has 1 unspecified atom stereocenters. The fourth-order valence-corrected chi connectivity index (χ4v) is 2.61. The summed E-state index contributed by atoms with van der Waals surface area (Å²) >= 11 is 0. The Morgan fingerprint density at radius 2 is 2.25 bits per heavy atom. The summed E-state index contributed by atoms with van der Waals surface area (Å²) in [6.07, 6.45) is 0. The van der Waals surface area contributed by atoms with Crippen molar-refractivity contribution in [3.63, 3.8) is 0 Å². The number of hydrogen-bond acceptors (Lipinski definition) is 3. The summed E-state index contributed by atoms with van der Waals surface area (Å²) in [4.78, 5) is 0. The molecule has 1 aliphatic rings. The fraction of sp³-hybridized carbons (Fsp3) is 0.312. The summed E-state index contributed by atoms with van der Waals surface area (Å²) < 4.78 is 7.59. The molecule has 3 rings (SSSR count). The maximum Gasteiger partial charge on any atom is 0.124 e. The lowest BCUT2D eigenvalue weighted by molar-refractivity contribution is 0.310. The molecule has 1 N–H and O–H groups in total. The number of nitrogens with zero attached hydrogens (tertiary/aromatic N) is 2. The number of benzene rings is 1. The summed E-state index contributed by atoms with van der Waals surface area (Å²) in [5.74, 6) is 0.965.